The fourth-order valence-corrected chi connectivity index (χ4v) is 9.79. The number of piperazine rings is 3. The maximum Gasteiger partial charge on any atom is 0.353 e. The Balaban J connectivity index is 1.28. The average molecular weight is 594 g/mol. The van der Waals surface area contributed by atoms with Gasteiger partial charge in [0.15, 0.2) is 10.9 Å². The predicted octanol–water partition coefficient (Wildman–Crippen LogP) is 1.84. The lowest BCUT2D eigenvalue weighted by Crippen LogP contribution is -2.75. The van der Waals surface area contributed by atoms with Gasteiger partial charge in [0.1, 0.15) is 51.5 Å². The summed E-state index contributed by atoms with van der Waals surface area (Å²) in [6.07, 6.45) is -0.843. The SMILES string of the molecule is C[C@@H](O)[C@H]1C(=O)N2C(C(=O)O)=C(Sc3nc4c(C[N+]56CC[N+](CC(N)=O)(CC5)CC6)cc(Cl)cc4s3)[C@H](C)[C@H]12. The second-order valence-corrected chi connectivity index (χ2v) is 14.3. The lowest BCUT2D eigenvalue weighted by molar-refractivity contribution is -1.08. The summed E-state index contributed by atoms with van der Waals surface area (Å²) in [5.74, 6) is -2.56. The number of thioether (sulfide) groups is 1. The van der Waals surface area contributed by atoms with Gasteiger partial charge in [0.05, 0.1) is 28.3 Å². The lowest BCUT2D eigenvalue weighted by Gasteiger charge is -2.55. The van der Waals surface area contributed by atoms with Gasteiger partial charge in [0.25, 0.3) is 5.91 Å². The van der Waals surface area contributed by atoms with Gasteiger partial charge in [-0.05, 0) is 19.1 Å². The Morgan fingerprint density at radius 1 is 1.23 bits per heavy atom. The molecule has 4 atom stereocenters. The first-order chi connectivity index (χ1) is 18.4. The van der Waals surface area contributed by atoms with Crippen LogP contribution in [0, 0.1) is 11.8 Å². The minimum atomic E-state index is -1.15. The van der Waals surface area contributed by atoms with Gasteiger partial charge < -0.3 is 29.8 Å². The number of aliphatic carboxylic acids is 1. The van der Waals surface area contributed by atoms with Gasteiger partial charge >= 0.3 is 5.97 Å². The Kier molecular flexibility index (Phi) is 6.52. The van der Waals surface area contributed by atoms with Crippen LogP contribution in [0.25, 0.3) is 10.2 Å². The minimum absolute atomic E-state index is 0.00514. The summed E-state index contributed by atoms with van der Waals surface area (Å²) in [6, 6.07) is 3.52. The van der Waals surface area contributed by atoms with Crippen LogP contribution in [0.4, 0.5) is 0 Å². The second kappa shape index (κ2) is 9.42. The Morgan fingerprint density at radius 3 is 2.46 bits per heavy atom. The monoisotopic (exact) mass is 593 g/mol. The molecule has 1 aromatic carbocycles. The van der Waals surface area contributed by atoms with Crippen LogP contribution in [0.15, 0.2) is 27.1 Å². The molecule has 4 fully saturated rings. The Morgan fingerprint density at radius 2 is 1.87 bits per heavy atom. The van der Waals surface area contributed by atoms with E-state index < -0.39 is 18.0 Å². The molecule has 5 aliphatic rings. The van der Waals surface area contributed by atoms with Gasteiger partial charge in [-0.15, -0.1) is 11.3 Å². The van der Waals surface area contributed by atoms with Crippen LogP contribution in [-0.4, -0.2) is 105 Å². The summed E-state index contributed by atoms with van der Waals surface area (Å²) in [6.45, 7) is 10.4. The van der Waals surface area contributed by atoms with E-state index in [0.717, 1.165) is 70.6 Å². The fraction of sp³-hybridized carbons (Fsp3) is 0.538. The molecule has 0 spiro atoms. The van der Waals surface area contributed by atoms with Crippen molar-refractivity contribution in [2.45, 2.75) is 36.9 Å². The van der Waals surface area contributed by atoms with E-state index in [1.54, 1.807) is 6.92 Å². The number of benzene rings is 1. The molecule has 4 N–H and O–H groups in total. The van der Waals surface area contributed by atoms with Crippen LogP contribution in [0.5, 0.6) is 0 Å². The standard InChI is InChI=1S/C26H30ClN5O5S2/c1-13-21-19(14(2)33)24(35)30(21)22(25(36)37)23(13)39-26-29-20-15(9-16(27)10-17(20)38-26)11-31-3-6-32(7-4-31,8-5-31)12-18(28)34/h9-10,13-14,19,21,33H,3-8,11-12H2,1-2H3,(H-2,28,34,36,37)/p+2/t13-,14-,19-,21-,31?,32?/m1/s1. The van der Waals surface area contributed by atoms with Gasteiger partial charge in [-0.25, -0.2) is 9.78 Å². The van der Waals surface area contributed by atoms with Crippen molar-refractivity contribution in [3.05, 3.63) is 33.3 Å². The highest BCUT2D eigenvalue weighted by atomic mass is 35.5. The molecule has 1 aromatic heterocycles. The van der Waals surface area contributed by atoms with E-state index in [1.165, 1.54) is 28.0 Å². The molecular formula is C26H32ClN5O5S2+2. The summed E-state index contributed by atoms with van der Waals surface area (Å²) in [5.41, 5.74) is 7.46. The highest BCUT2D eigenvalue weighted by Crippen LogP contribution is 2.52. The number of fused-ring (bicyclic) bond motifs is 5. The van der Waals surface area contributed by atoms with Gasteiger partial charge in [-0.1, -0.05) is 30.3 Å². The third-order valence-electron chi connectivity index (χ3n) is 9.17. The number of carbonyl (C=O) groups is 3. The highest BCUT2D eigenvalue weighted by molar-refractivity contribution is 8.04. The van der Waals surface area contributed by atoms with E-state index >= 15 is 0 Å². The molecule has 39 heavy (non-hydrogen) atoms. The first-order valence-corrected chi connectivity index (χ1v) is 15.2. The third-order valence-corrected chi connectivity index (χ3v) is 11.7. The number of aliphatic hydroxyl groups is 1. The van der Waals surface area contributed by atoms with Crippen LogP contribution < -0.4 is 5.73 Å². The number of aromatic nitrogens is 1. The number of amides is 2. The number of carbonyl (C=O) groups excluding carboxylic acids is 2. The molecule has 4 saturated heterocycles. The number of primary amides is 1. The molecular weight excluding hydrogens is 562 g/mol. The van der Waals surface area contributed by atoms with E-state index in [0.29, 0.717) is 20.8 Å². The van der Waals surface area contributed by atoms with Crippen LogP contribution in [0.3, 0.4) is 0 Å². The molecule has 6 heterocycles. The number of carboxylic acid groups (broad SMARTS) is 1. The normalized spacial score (nSPS) is 32.5. The number of hydrogen-bond donors (Lipinski definition) is 3. The number of halogens is 1. The third kappa shape index (κ3) is 4.36. The molecule has 10 nitrogen and oxygen atoms in total. The summed E-state index contributed by atoms with van der Waals surface area (Å²) in [4.78, 5) is 43.4. The molecule has 2 aromatic rings. The van der Waals surface area contributed by atoms with Crippen molar-refractivity contribution in [2.24, 2.45) is 17.6 Å². The Labute approximate surface area is 239 Å². The number of thiazole rings is 1. The van der Waals surface area contributed by atoms with Crippen molar-refractivity contribution in [1.29, 1.82) is 0 Å². The Hall–Kier alpha value is -2.22. The maximum absolute atomic E-state index is 12.7. The number of aliphatic hydroxyl groups excluding tert-OH is 1. The molecule has 7 rings (SSSR count). The van der Waals surface area contributed by atoms with Gasteiger partial charge in [0.2, 0.25) is 5.91 Å². The van der Waals surface area contributed by atoms with Crippen molar-refractivity contribution in [3.63, 3.8) is 0 Å². The molecule has 0 radical (unpaired) electrons. The van der Waals surface area contributed by atoms with Crippen molar-refractivity contribution in [1.82, 2.24) is 9.88 Å². The highest BCUT2D eigenvalue weighted by Gasteiger charge is 2.60. The minimum Gasteiger partial charge on any atom is -0.477 e. The lowest BCUT2D eigenvalue weighted by atomic mass is 9.79. The maximum atomic E-state index is 12.7. The van der Waals surface area contributed by atoms with Gasteiger partial charge in [0, 0.05) is 21.4 Å². The summed E-state index contributed by atoms with van der Waals surface area (Å²) in [5, 5.41) is 20.7. The predicted molar refractivity (Wildman–Crippen MR) is 148 cm³/mol. The number of nitrogens with zero attached hydrogens (tertiary/aromatic N) is 4. The number of quaternary nitrogens is 2. The van der Waals surface area contributed by atoms with Gasteiger partial charge in [-0.2, -0.15) is 0 Å². The topological polar surface area (TPSA) is 134 Å². The van der Waals surface area contributed by atoms with Crippen LogP contribution >= 0.6 is 34.7 Å². The van der Waals surface area contributed by atoms with Crippen LogP contribution in [0.1, 0.15) is 19.4 Å². The molecule has 0 unspecified atom stereocenters. The average Bonchev–Trinajstić information content (AvgIpc) is 3.36. The quantitative estimate of drug-likeness (QED) is 0.314. The van der Waals surface area contributed by atoms with Gasteiger partial charge in [-0.3, -0.25) is 9.59 Å². The zero-order valence-corrected chi connectivity index (χ0v) is 24.2. The van der Waals surface area contributed by atoms with E-state index in [9.17, 15) is 24.6 Å². The van der Waals surface area contributed by atoms with E-state index in [-0.39, 0.29) is 29.5 Å². The first kappa shape index (κ1) is 27.0. The number of hydrogen-bond acceptors (Lipinski definition) is 7. The largest absolute Gasteiger partial charge is 0.477 e. The second-order valence-electron chi connectivity index (χ2n) is 11.6. The van der Waals surface area contributed by atoms with E-state index in [4.69, 9.17) is 22.3 Å². The summed E-state index contributed by atoms with van der Waals surface area (Å²) >= 11 is 9.32. The molecule has 5 aliphatic heterocycles. The fourth-order valence-electron chi connectivity index (χ4n) is 7.07. The smallest absolute Gasteiger partial charge is 0.353 e. The molecule has 2 bridgehead atoms. The Bertz CT molecular complexity index is 1420. The summed E-state index contributed by atoms with van der Waals surface area (Å²) < 4.78 is 3.36. The molecule has 13 heteroatoms. The number of β-lactam (4-membered cyclic amide) rings is 1. The zero-order chi connectivity index (χ0) is 27.9. The number of carboxylic acids is 1. The van der Waals surface area contributed by atoms with Crippen LogP contribution in [0.2, 0.25) is 5.02 Å². The first-order valence-electron chi connectivity index (χ1n) is 13.2. The van der Waals surface area contributed by atoms with E-state index in [1.807, 2.05) is 19.1 Å². The zero-order valence-electron chi connectivity index (χ0n) is 21.8. The number of nitrogens with two attached hydrogens (primary N) is 1. The van der Waals surface area contributed by atoms with E-state index in [2.05, 4.69) is 0 Å². The molecule has 208 valence electrons. The van der Waals surface area contributed by atoms with Crippen molar-refractivity contribution in [2.75, 3.05) is 45.8 Å². The van der Waals surface area contributed by atoms with Crippen molar-refractivity contribution in [3.8, 4) is 0 Å². The molecule has 0 aliphatic carbocycles. The van der Waals surface area contributed by atoms with Crippen molar-refractivity contribution < 1.29 is 33.6 Å². The van der Waals surface area contributed by atoms with Crippen LogP contribution in [-0.2, 0) is 20.9 Å². The number of rotatable bonds is 8. The van der Waals surface area contributed by atoms with Crippen molar-refractivity contribution >= 4 is 62.7 Å². The summed E-state index contributed by atoms with van der Waals surface area (Å²) in [7, 11) is 0. The molecule has 2 amide bonds. The molecule has 0 saturated carbocycles.